The summed E-state index contributed by atoms with van der Waals surface area (Å²) in [6.07, 6.45) is 0. The van der Waals surface area contributed by atoms with Gasteiger partial charge in [-0.2, -0.15) is 0 Å². The fraction of sp³-hybridized carbons (Fsp3) is 0.750. The lowest BCUT2D eigenvalue weighted by atomic mass is 10.3. The molecule has 1 aliphatic rings. The summed E-state index contributed by atoms with van der Waals surface area (Å²) in [5.41, 5.74) is 4.92. The van der Waals surface area contributed by atoms with Gasteiger partial charge in [-0.25, -0.2) is 0 Å². The average molecular weight is 116 g/mol. The van der Waals surface area contributed by atoms with Gasteiger partial charge in [0.15, 0.2) is 0 Å². The third kappa shape index (κ3) is 0.962. The maximum atomic E-state index is 10.3. The molecule has 1 heterocycles. The van der Waals surface area contributed by atoms with Crippen molar-refractivity contribution in [1.29, 1.82) is 0 Å². The summed E-state index contributed by atoms with van der Waals surface area (Å²) in [6, 6.07) is -0.269. The van der Waals surface area contributed by atoms with Crippen LogP contribution in [0.5, 0.6) is 0 Å². The fourth-order valence-corrected chi connectivity index (χ4v) is 0.578. The summed E-state index contributed by atoms with van der Waals surface area (Å²) in [6.45, 7) is 0.850. The predicted molar refractivity (Wildman–Crippen MR) is 26.9 cm³/mol. The monoisotopic (exact) mass is 116 g/mol. The van der Waals surface area contributed by atoms with Gasteiger partial charge in [0, 0.05) is 0 Å². The second-order valence-electron chi connectivity index (χ2n) is 1.67. The zero-order valence-electron chi connectivity index (χ0n) is 4.39. The van der Waals surface area contributed by atoms with Crippen LogP contribution < -0.4 is 11.1 Å². The number of carbonyl (C=O) groups excluding carboxylic acids is 1. The minimum atomic E-state index is -0.345. The van der Waals surface area contributed by atoms with Crippen LogP contribution >= 0.6 is 0 Å². The zero-order chi connectivity index (χ0) is 5.98. The van der Waals surface area contributed by atoms with Crippen LogP contribution in [0.15, 0.2) is 0 Å². The lowest BCUT2D eigenvalue weighted by Crippen LogP contribution is -2.38. The second kappa shape index (κ2) is 2.11. The van der Waals surface area contributed by atoms with Crippen molar-refractivity contribution in [1.82, 2.24) is 5.32 Å². The highest BCUT2D eigenvalue weighted by Gasteiger charge is 2.18. The Hall–Kier alpha value is -0.610. The Labute approximate surface area is 47.0 Å². The molecule has 1 amide bonds. The van der Waals surface area contributed by atoms with Crippen molar-refractivity contribution >= 4 is 5.91 Å². The van der Waals surface area contributed by atoms with Crippen LogP contribution in [0.1, 0.15) is 0 Å². The maximum absolute atomic E-state index is 10.3. The van der Waals surface area contributed by atoms with E-state index in [0.717, 1.165) is 0 Å². The van der Waals surface area contributed by atoms with Crippen LogP contribution in [0.25, 0.3) is 0 Å². The molecule has 0 saturated carbocycles. The summed E-state index contributed by atoms with van der Waals surface area (Å²) in [4.78, 5) is 10.3. The van der Waals surface area contributed by atoms with E-state index in [0.29, 0.717) is 13.3 Å². The summed E-state index contributed by atoms with van der Waals surface area (Å²) >= 11 is 0. The molecular formula is C4H8N2O2. The molecule has 0 unspecified atom stereocenters. The van der Waals surface area contributed by atoms with Crippen LogP contribution in [0.3, 0.4) is 0 Å². The molecule has 1 saturated heterocycles. The highest BCUT2D eigenvalue weighted by molar-refractivity contribution is 5.80. The Kier molecular flexibility index (Phi) is 1.45. The molecule has 1 fully saturated rings. The van der Waals surface area contributed by atoms with E-state index >= 15 is 0 Å². The third-order valence-corrected chi connectivity index (χ3v) is 1.06. The van der Waals surface area contributed by atoms with Gasteiger partial charge in [-0.1, -0.05) is 0 Å². The smallest absolute Gasteiger partial charge is 0.237 e. The van der Waals surface area contributed by atoms with Crippen LogP contribution in [-0.4, -0.2) is 25.3 Å². The number of hydrogen-bond acceptors (Lipinski definition) is 3. The number of amides is 1. The highest BCUT2D eigenvalue weighted by atomic mass is 16.5. The molecule has 0 aromatic rings. The number of carbonyl (C=O) groups is 1. The number of ether oxygens (including phenoxy) is 1. The average Bonchev–Trinajstić information content (AvgIpc) is 2.12. The second-order valence-corrected chi connectivity index (χ2v) is 1.67. The number of hydrogen-bond donors (Lipinski definition) is 2. The third-order valence-electron chi connectivity index (χ3n) is 1.06. The fourth-order valence-electron chi connectivity index (χ4n) is 0.578. The largest absolute Gasteiger partial charge is 0.368 e. The molecule has 0 aromatic carbocycles. The van der Waals surface area contributed by atoms with Crippen molar-refractivity contribution in [3.8, 4) is 0 Å². The molecule has 0 radical (unpaired) electrons. The SMILES string of the molecule is NC(=O)[C@@H]1COCN1. The first-order valence-electron chi connectivity index (χ1n) is 2.41. The minimum Gasteiger partial charge on any atom is -0.368 e. The summed E-state index contributed by atoms with van der Waals surface area (Å²) in [7, 11) is 0. The van der Waals surface area contributed by atoms with Crippen LogP contribution in [-0.2, 0) is 9.53 Å². The molecule has 1 rings (SSSR count). The van der Waals surface area contributed by atoms with E-state index in [1.54, 1.807) is 0 Å². The van der Waals surface area contributed by atoms with Gasteiger partial charge < -0.3 is 10.5 Å². The Bertz CT molecular complexity index is 98.2. The van der Waals surface area contributed by atoms with Crippen molar-refractivity contribution in [2.45, 2.75) is 6.04 Å². The molecule has 4 nitrogen and oxygen atoms in total. The van der Waals surface area contributed by atoms with E-state index in [4.69, 9.17) is 10.5 Å². The lowest BCUT2D eigenvalue weighted by molar-refractivity contribution is -0.119. The molecule has 1 atom stereocenters. The van der Waals surface area contributed by atoms with Crippen molar-refractivity contribution in [3.05, 3.63) is 0 Å². The maximum Gasteiger partial charge on any atom is 0.237 e. The summed E-state index contributed by atoms with van der Waals surface area (Å²) in [5, 5.41) is 2.76. The normalized spacial score (nSPS) is 28.2. The van der Waals surface area contributed by atoms with Gasteiger partial charge in [0.25, 0.3) is 0 Å². The molecule has 0 aromatic heterocycles. The number of nitrogens with one attached hydrogen (secondary N) is 1. The van der Waals surface area contributed by atoms with Gasteiger partial charge in [-0.05, 0) is 0 Å². The summed E-state index contributed by atoms with van der Waals surface area (Å²) < 4.78 is 4.81. The minimum absolute atomic E-state index is 0.269. The molecule has 4 heteroatoms. The van der Waals surface area contributed by atoms with E-state index in [-0.39, 0.29) is 11.9 Å². The van der Waals surface area contributed by atoms with E-state index in [9.17, 15) is 4.79 Å². The van der Waals surface area contributed by atoms with Gasteiger partial charge in [0.1, 0.15) is 6.04 Å². The standard InChI is InChI=1S/C4H8N2O2/c5-4(7)3-1-8-2-6-3/h3,6H,1-2H2,(H2,5,7)/t3-/m0/s1. The van der Waals surface area contributed by atoms with Gasteiger partial charge in [-0.15, -0.1) is 0 Å². The molecular weight excluding hydrogens is 108 g/mol. The van der Waals surface area contributed by atoms with Gasteiger partial charge in [0.2, 0.25) is 5.91 Å². The van der Waals surface area contributed by atoms with E-state index in [1.165, 1.54) is 0 Å². The Balaban J connectivity index is 2.35. The highest BCUT2D eigenvalue weighted by Crippen LogP contribution is 1.90. The molecule has 3 N–H and O–H groups in total. The quantitative estimate of drug-likeness (QED) is 0.434. The Morgan fingerprint density at radius 3 is 2.88 bits per heavy atom. The van der Waals surface area contributed by atoms with Gasteiger partial charge in [0.05, 0.1) is 13.3 Å². The van der Waals surface area contributed by atoms with Crippen molar-refractivity contribution in [2.75, 3.05) is 13.3 Å². The van der Waals surface area contributed by atoms with Crippen molar-refractivity contribution in [2.24, 2.45) is 5.73 Å². The predicted octanol–water partition coefficient (Wildman–Crippen LogP) is -1.58. The Morgan fingerprint density at radius 1 is 1.88 bits per heavy atom. The first-order chi connectivity index (χ1) is 3.80. The summed E-state index contributed by atoms with van der Waals surface area (Å²) in [5.74, 6) is -0.345. The molecule has 8 heavy (non-hydrogen) atoms. The molecule has 0 aliphatic carbocycles. The number of primary amides is 1. The molecule has 1 aliphatic heterocycles. The Morgan fingerprint density at radius 2 is 2.62 bits per heavy atom. The topological polar surface area (TPSA) is 64.4 Å². The number of nitrogens with two attached hydrogens (primary N) is 1. The first-order valence-corrected chi connectivity index (χ1v) is 2.41. The van der Waals surface area contributed by atoms with Crippen molar-refractivity contribution in [3.63, 3.8) is 0 Å². The van der Waals surface area contributed by atoms with Crippen LogP contribution in [0.2, 0.25) is 0 Å². The van der Waals surface area contributed by atoms with Gasteiger partial charge in [-0.3, -0.25) is 10.1 Å². The van der Waals surface area contributed by atoms with Crippen LogP contribution in [0, 0.1) is 0 Å². The molecule has 46 valence electrons. The van der Waals surface area contributed by atoms with Crippen molar-refractivity contribution < 1.29 is 9.53 Å². The lowest BCUT2D eigenvalue weighted by Gasteiger charge is -1.98. The van der Waals surface area contributed by atoms with E-state index in [2.05, 4.69) is 5.32 Å². The number of rotatable bonds is 1. The first kappa shape index (κ1) is 5.53. The zero-order valence-corrected chi connectivity index (χ0v) is 4.39. The van der Waals surface area contributed by atoms with E-state index < -0.39 is 0 Å². The van der Waals surface area contributed by atoms with Gasteiger partial charge >= 0.3 is 0 Å². The molecule has 0 spiro atoms. The van der Waals surface area contributed by atoms with Crippen LogP contribution in [0.4, 0.5) is 0 Å². The molecule has 0 bridgehead atoms. The van der Waals surface area contributed by atoms with E-state index in [1.807, 2.05) is 0 Å².